The molecule has 2 aromatic rings. The van der Waals surface area contributed by atoms with Crippen LogP contribution in [0.15, 0.2) is 61.2 Å². The SMILES string of the molecule is C=CC(c1ccccc1)c1ccc(OC(=O)OC(C)(C)C)cc1O. The minimum Gasteiger partial charge on any atom is -0.507 e. The van der Waals surface area contributed by atoms with E-state index < -0.39 is 11.8 Å². The van der Waals surface area contributed by atoms with Crippen LogP contribution < -0.4 is 4.74 Å². The molecule has 24 heavy (non-hydrogen) atoms. The number of carbonyl (C=O) groups is 1. The highest BCUT2D eigenvalue weighted by molar-refractivity contribution is 5.65. The predicted molar refractivity (Wildman–Crippen MR) is 93.5 cm³/mol. The summed E-state index contributed by atoms with van der Waals surface area (Å²) < 4.78 is 10.2. The lowest BCUT2D eigenvalue weighted by molar-refractivity contribution is 0.0206. The zero-order chi connectivity index (χ0) is 17.7. The molecule has 0 fully saturated rings. The van der Waals surface area contributed by atoms with Crippen molar-refractivity contribution in [2.45, 2.75) is 32.3 Å². The fourth-order valence-corrected chi connectivity index (χ4v) is 2.32. The third kappa shape index (κ3) is 4.62. The number of aromatic hydroxyl groups is 1. The van der Waals surface area contributed by atoms with Crippen molar-refractivity contribution in [3.8, 4) is 11.5 Å². The second-order valence-electron chi connectivity index (χ2n) is 6.41. The van der Waals surface area contributed by atoms with Crippen LogP contribution in [0.2, 0.25) is 0 Å². The molecule has 0 aliphatic heterocycles. The van der Waals surface area contributed by atoms with Gasteiger partial charge in [-0.1, -0.05) is 42.5 Å². The minimum absolute atomic E-state index is 0.0322. The molecule has 4 nitrogen and oxygen atoms in total. The van der Waals surface area contributed by atoms with E-state index in [0.717, 1.165) is 5.56 Å². The van der Waals surface area contributed by atoms with Crippen molar-refractivity contribution in [3.63, 3.8) is 0 Å². The summed E-state index contributed by atoms with van der Waals surface area (Å²) in [5.74, 6) is 0.105. The van der Waals surface area contributed by atoms with Gasteiger partial charge >= 0.3 is 6.16 Å². The largest absolute Gasteiger partial charge is 0.514 e. The summed E-state index contributed by atoms with van der Waals surface area (Å²) in [6, 6.07) is 14.5. The molecule has 0 radical (unpaired) electrons. The number of benzene rings is 2. The highest BCUT2D eigenvalue weighted by Gasteiger charge is 2.19. The van der Waals surface area contributed by atoms with Crippen molar-refractivity contribution in [1.29, 1.82) is 0 Å². The fourth-order valence-electron chi connectivity index (χ4n) is 2.32. The summed E-state index contributed by atoms with van der Waals surface area (Å²) >= 11 is 0. The minimum atomic E-state index is -0.807. The van der Waals surface area contributed by atoms with Gasteiger partial charge in [0.15, 0.2) is 0 Å². The zero-order valence-electron chi connectivity index (χ0n) is 14.2. The number of ether oxygens (including phenoxy) is 2. The van der Waals surface area contributed by atoms with Gasteiger partial charge in [-0.05, 0) is 32.4 Å². The topological polar surface area (TPSA) is 55.8 Å². The zero-order valence-corrected chi connectivity index (χ0v) is 14.2. The van der Waals surface area contributed by atoms with Crippen LogP contribution in [0, 0.1) is 0 Å². The van der Waals surface area contributed by atoms with E-state index in [1.807, 2.05) is 30.3 Å². The summed E-state index contributed by atoms with van der Waals surface area (Å²) in [4.78, 5) is 11.7. The van der Waals surface area contributed by atoms with Gasteiger partial charge in [0.25, 0.3) is 0 Å². The van der Waals surface area contributed by atoms with Crippen LogP contribution in [0.25, 0.3) is 0 Å². The highest BCUT2D eigenvalue weighted by Crippen LogP contribution is 2.34. The summed E-state index contributed by atoms with van der Waals surface area (Å²) in [5.41, 5.74) is 1.07. The van der Waals surface area contributed by atoms with Gasteiger partial charge in [0.05, 0.1) is 0 Å². The Morgan fingerprint density at radius 2 is 1.83 bits per heavy atom. The normalized spacial score (nSPS) is 12.3. The van der Waals surface area contributed by atoms with Crippen molar-refractivity contribution in [1.82, 2.24) is 0 Å². The number of hydrogen-bond acceptors (Lipinski definition) is 4. The van der Waals surface area contributed by atoms with Crippen LogP contribution in [0.3, 0.4) is 0 Å². The maximum Gasteiger partial charge on any atom is 0.514 e. The Labute approximate surface area is 142 Å². The second kappa shape index (κ2) is 7.21. The summed E-state index contributed by atoms with van der Waals surface area (Å²) in [6.07, 6.45) is 0.955. The standard InChI is InChI=1S/C20H22O4/c1-5-16(14-9-7-6-8-10-14)17-12-11-15(13-18(17)21)23-19(22)24-20(2,3)4/h5-13,16,21H,1H2,2-4H3. The van der Waals surface area contributed by atoms with Gasteiger partial charge in [-0.25, -0.2) is 4.79 Å². The smallest absolute Gasteiger partial charge is 0.507 e. The fraction of sp³-hybridized carbons (Fsp3) is 0.250. The Morgan fingerprint density at radius 3 is 2.38 bits per heavy atom. The first-order valence-corrected chi connectivity index (χ1v) is 7.71. The van der Waals surface area contributed by atoms with Crippen molar-refractivity contribution < 1.29 is 19.4 Å². The highest BCUT2D eigenvalue weighted by atomic mass is 16.7. The van der Waals surface area contributed by atoms with E-state index in [2.05, 4.69) is 6.58 Å². The van der Waals surface area contributed by atoms with Crippen LogP contribution >= 0.6 is 0 Å². The van der Waals surface area contributed by atoms with Gasteiger partial charge in [-0.3, -0.25) is 0 Å². The van der Waals surface area contributed by atoms with Crippen LogP contribution in [0.5, 0.6) is 11.5 Å². The molecule has 0 heterocycles. The molecule has 0 aliphatic rings. The first-order chi connectivity index (χ1) is 11.3. The van der Waals surface area contributed by atoms with Gasteiger partial charge in [0, 0.05) is 17.5 Å². The Morgan fingerprint density at radius 1 is 1.17 bits per heavy atom. The average molecular weight is 326 g/mol. The molecule has 4 heteroatoms. The van der Waals surface area contributed by atoms with Crippen LogP contribution in [-0.4, -0.2) is 16.9 Å². The molecule has 1 atom stereocenters. The maximum atomic E-state index is 11.7. The molecule has 0 aromatic heterocycles. The molecule has 2 aromatic carbocycles. The number of rotatable bonds is 4. The van der Waals surface area contributed by atoms with Crippen molar-refractivity contribution in [2.24, 2.45) is 0 Å². The molecule has 0 saturated carbocycles. The van der Waals surface area contributed by atoms with Crippen LogP contribution in [0.1, 0.15) is 37.8 Å². The number of hydrogen-bond donors (Lipinski definition) is 1. The molecule has 0 bridgehead atoms. The molecule has 0 amide bonds. The summed E-state index contributed by atoms with van der Waals surface area (Å²) in [6.45, 7) is 9.11. The third-order valence-corrected chi connectivity index (χ3v) is 3.32. The van der Waals surface area contributed by atoms with Crippen molar-refractivity contribution in [3.05, 3.63) is 72.3 Å². The van der Waals surface area contributed by atoms with E-state index in [1.165, 1.54) is 6.07 Å². The Kier molecular flexibility index (Phi) is 5.29. The van der Waals surface area contributed by atoms with E-state index in [1.54, 1.807) is 39.0 Å². The molecule has 2 rings (SSSR count). The van der Waals surface area contributed by atoms with Crippen LogP contribution in [-0.2, 0) is 4.74 Å². The average Bonchev–Trinajstić information content (AvgIpc) is 2.49. The number of phenols is 1. The monoisotopic (exact) mass is 326 g/mol. The molecule has 0 spiro atoms. The summed E-state index contributed by atoms with van der Waals surface area (Å²) in [5, 5.41) is 10.3. The molecule has 1 unspecified atom stereocenters. The number of carbonyl (C=O) groups excluding carboxylic acids is 1. The first-order valence-electron chi connectivity index (χ1n) is 7.71. The van der Waals surface area contributed by atoms with Gasteiger partial charge in [0.1, 0.15) is 17.1 Å². The molecule has 126 valence electrons. The maximum absolute atomic E-state index is 11.7. The Bertz CT molecular complexity index is 714. The number of phenolic OH excluding ortho intramolecular Hbond substituents is 1. The van der Waals surface area contributed by atoms with Gasteiger partial charge in [0.2, 0.25) is 0 Å². The predicted octanol–water partition coefficient (Wildman–Crippen LogP) is 5.02. The third-order valence-electron chi connectivity index (χ3n) is 3.32. The molecule has 0 aliphatic carbocycles. The molecule has 1 N–H and O–H groups in total. The van der Waals surface area contributed by atoms with E-state index in [4.69, 9.17) is 9.47 Å². The van der Waals surface area contributed by atoms with Gasteiger partial charge in [-0.2, -0.15) is 0 Å². The lowest BCUT2D eigenvalue weighted by Gasteiger charge is -2.19. The molecule has 0 saturated heterocycles. The van der Waals surface area contributed by atoms with Gasteiger partial charge < -0.3 is 14.6 Å². The van der Waals surface area contributed by atoms with Crippen molar-refractivity contribution in [2.75, 3.05) is 0 Å². The van der Waals surface area contributed by atoms with E-state index in [0.29, 0.717) is 5.56 Å². The lowest BCUT2D eigenvalue weighted by Crippen LogP contribution is -2.25. The quantitative estimate of drug-likeness (QED) is 0.487. The second-order valence-corrected chi connectivity index (χ2v) is 6.41. The van der Waals surface area contributed by atoms with E-state index in [-0.39, 0.29) is 17.4 Å². The van der Waals surface area contributed by atoms with Crippen molar-refractivity contribution >= 4 is 6.16 Å². The van der Waals surface area contributed by atoms with Crippen LogP contribution in [0.4, 0.5) is 4.79 Å². The number of allylic oxidation sites excluding steroid dienone is 1. The molecular formula is C20H22O4. The van der Waals surface area contributed by atoms with E-state index in [9.17, 15) is 9.90 Å². The summed E-state index contributed by atoms with van der Waals surface area (Å²) in [7, 11) is 0. The Balaban J connectivity index is 2.20. The first kappa shape index (κ1) is 17.6. The lowest BCUT2D eigenvalue weighted by atomic mass is 9.91. The molecular weight excluding hydrogens is 304 g/mol. The Hall–Kier alpha value is -2.75. The van der Waals surface area contributed by atoms with E-state index >= 15 is 0 Å². The van der Waals surface area contributed by atoms with Gasteiger partial charge in [-0.15, -0.1) is 6.58 Å².